The highest BCUT2D eigenvalue weighted by Crippen LogP contribution is 2.64. The molecule has 3 rings (SSSR count). The number of likely N-dealkylation sites (tertiary alicyclic amines) is 1. The molecule has 1 saturated carbocycles. The van der Waals surface area contributed by atoms with Gasteiger partial charge in [0, 0.05) is 37.1 Å². The molecular weight excluding hydrogens is 300 g/mol. The summed E-state index contributed by atoms with van der Waals surface area (Å²) in [6, 6.07) is 10.9. The summed E-state index contributed by atoms with van der Waals surface area (Å²) in [6.07, 6.45) is 0.766. The van der Waals surface area contributed by atoms with E-state index >= 15 is 0 Å². The van der Waals surface area contributed by atoms with E-state index in [1.54, 1.807) is 4.90 Å². The number of carbonyl (C=O) groups is 1. The first kappa shape index (κ1) is 17.3. The molecule has 0 radical (unpaired) electrons. The van der Waals surface area contributed by atoms with Gasteiger partial charge < -0.3 is 9.64 Å². The first-order valence-corrected chi connectivity index (χ1v) is 8.84. The van der Waals surface area contributed by atoms with Crippen molar-refractivity contribution in [2.45, 2.75) is 58.2 Å². The fraction of sp³-hybridized carbons (Fsp3) is 0.650. The van der Waals surface area contributed by atoms with Gasteiger partial charge in [0.2, 0.25) is 0 Å². The summed E-state index contributed by atoms with van der Waals surface area (Å²) < 4.78 is 6.03. The van der Waals surface area contributed by atoms with Crippen LogP contribution in [0.4, 0.5) is 4.79 Å². The van der Waals surface area contributed by atoms with Gasteiger partial charge in [-0.3, -0.25) is 4.90 Å². The normalized spacial score (nSPS) is 30.6. The smallest absolute Gasteiger partial charge is 0.410 e. The lowest BCUT2D eigenvalue weighted by molar-refractivity contribution is 0.0234. The zero-order chi connectivity index (χ0) is 17.8. The number of rotatable bonds is 3. The highest BCUT2D eigenvalue weighted by Gasteiger charge is 2.73. The molecule has 0 bridgehead atoms. The van der Waals surface area contributed by atoms with E-state index in [1.807, 2.05) is 33.9 Å². The van der Waals surface area contributed by atoms with Crippen LogP contribution in [0.2, 0.25) is 0 Å². The summed E-state index contributed by atoms with van der Waals surface area (Å²) in [5, 5.41) is 0. The molecule has 1 saturated heterocycles. The lowest BCUT2D eigenvalue weighted by Gasteiger charge is -2.33. The van der Waals surface area contributed by atoms with Gasteiger partial charge >= 0.3 is 6.09 Å². The van der Waals surface area contributed by atoms with Crippen molar-refractivity contribution in [2.24, 2.45) is 5.41 Å². The summed E-state index contributed by atoms with van der Waals surface area (Å²) in [5.41, 5.74) is 0.863. The average molecular weight is 330 g/mol. The van der Waals surface area contributed by atoms with Crippen molar-refractivity contribution in [2.75, 3.05) is 20.1 Å². The Morgan fingerprint density at radius 3 is 2.46 bits per heavy atom. The third-order valence-electron chi connectivity index (χ3n) is 6.05. The van der Waals surface area contributed by atoms with Crippen molar-refractivity contribution in [3.63, 3.8) is 0 Å². The summed E-state index contributed by atoms with van der Waals surface area (Å²) in [7, 11) is 1.82. The second-order valence-electron chi connectivity index (χ2n) is 8.82. The van der Waals surface area contributed by atoms with Crippen LogP contribution in [0.25, 0.3) is 0 Å². The maximum absolute atomic E-state index is 12.6. The second kappa shape index (κ2) is 5.48. The van der Waals surface area contributed by atoms with Crippen LogP contribution < -0.4 is 0 Å². The van der Waals surface area contributed by atoms with Gasteiger partial charge in [-0.15, -0.1) is 0 Å². The van der Waals surface area contributed by atoms with E-state index in [2.05, 4.69) is 43.0 Å². The minimum Gasteiger partial charge on any atom is -0.441 e. The Labute approximate surface area is 145 Å². The molecule has 1 aliphatic heterocycles. The summed E-state index contributed by atoms with van der Waals surface area (Å²) in [4.78, 5) is 16.7. The van der Waals surface area contributed by atoms with E-state index in [1.165, 1.54) is 5.56 Å². The van der Waals surface area contributed by atoms with Crippen LogP contribution in [0, 0.1) is 5.41 Å². The van der Waals surface area contributed by atoms with E-state index in [0.717, 1.165) is 19.5 Å². The second-order valence-corrected chi connectivity index (χ2v) is 8.82. The summed E-state index contributed by atoms with van der Waals surface area (Å²) in [6.45, 7) is 12.4. The third kappa shape index (κ3) is 2.81. The molecule has 24 heavy (non-hydrogen) atoms. The van der Waals surface area contributed by atoms with Gasteiger partial charge in [0.25, 0.3) is 0 Å². The Morgan fingerprint density at radius 2 is 1.88 bits per heavy atom. The highest BCUT2D eigenvalue weighted by atomic mass is 16.6. The van der Waals surface area contributed by atoms with Crippen molar-refractivity contribution >= 4 is 6.09 Å². The maximum Gasteiger partial charge on any atom is 0.410 e. The SMILES string of the molecule is C[C@H](c1ccccc1)N1CC2(C)CC2(OC(=O)N(C)C(C)(C)C)C1. The third-order valence-corrected chi connectivity index (χ3v) is 6.05. The maximum atomic E-state index is 12.6. The number of nitrogens with zero attached hydrogens (tertiary/aromatic N) is 2. The Kier molecular flexibility index (Phi) is 3.95. The van der Waals surface area contributed by atoms with Crippen molar-refractivity contribution in [3.8, 4) is 0 Å². The molecule has 1 aromatic carbocycles. The fourth-order valence-corrected chi connectivity index (χ4v) is 3.78. The molecule has 4 nitrogen and oxygen atoms in total. The minimum atomic E-state index is -0.313. The monoisotopic (exact) mass is 330 g/mol. The predicted octanol–water partition coefficient (Wildman–Crippen LogP) is 4.08. The highest BCUT2D eigenvalue weighted by molar-refractivity contribution is 5.69. The lowest BCUT2D eigenvalue weighted by Crippen LogP contribution is -2.45. The van der Waals surface area contributed by atoms with Crippen LogP contribution in [-0.2, 0) is 4.74 Å². The van der Waals surface area contributed by atoms with Crippen molar-refractivity contribution in [3.05, 3.63) is 35.9 Å². The van der Waals surface area contributed by atoms with Gasteiger partial charge in [-0.2, -0.15) is 0 Å². The summed E-state index contributed by atoms with van der Waals surface area (Å²) >= 11 is 0. The number of hydrogen-bond acceptors (Lipinski definition) is 3. The largest absolute Gasteiger partial charge is 0.441 e. The molecule has 0 N–H and O–H groups in total. The first-order valence-electron chi connectivity index (χ1n) is 8.84. The molecule has 3 atom stereocenters. The van der Waals surface area contributed by atoms with Crippen molar-refractivity contribution < 1.29 is 9.53 Å². The molecule has 2 unspecified atom stereocenters. The quantitative estimate of drug-likeness (QED) is 0.837. The van der Waals surface area contributed by atoms with Crippen LogP contribution >= 0.6 is 0 Å². The minimum absolute atomic E-state index is 0.0877. The van der Waals surface area contributed by atoms with Gasteiger partial charge in [-0.05, 0) is 39.7 Å². The molecule has 0 spiro atoms. The van der Waals surface area contributed by atoms with Crippen molar-refractivity contribution in [1.29, 1.82) is 0 Å². The zero-order valence-corrected chi connectivity index (χ0v) is 15.8. The molecule has 1 aromatic rings. The number of carbonyl (C=O) groups excluding carboxylic acids is 1. The number of benzene rings is 1. The van der Waals surface area contributed by atoms with Crippen LogP contribution in [0.5, 0.6) is 0 Å². The van der Waals surface area contributed by atoms with Gasteiger partial charge in [0.05, 0.1) is 0 Å². The molecule has 1 amide bonds. The standard InChI is InChI=1S/C20H30N2O2/c1-15(16-10-8-7-9-11-16)22-13-19(5)12-20(19,14-22)24-17(23)21(6)18(2,3)4/h7-11,15H,12-14H2,1-6H3/t15-,19?,20?/m1/s1. The van der Waals surface area contributed by atoms with Crippen LogP contribution in [-0.4, -0.2) is 47.2 Å². The van der Waals surface area contributed by atoms with Crippen molar-refractivity contribution in [1.82, 2.24) is 9.80 Å². The van der Waals surface area contributed by atoms with Gasteiger partial charge in [-0.1, -0.05) is 37.3 Å². The van der Waals surface area contributed by atoms with E-state index in [4.69, 9.17) is 4.74 Å². The Balaban J connectivity index is 1.70. The van der Waals surface area contributed by atoms with Crippen LogP contribution in [0.3, 0.4) is 0 Å². The van der Waals surface area contributed by atoms with E-state index in [-0.39, 0.29) is 22.6 Å². The lowest BCUT2D eigenvalue weighted by atomic mass is 10.1. The van der Waals surface area contributed by atoms with Gasteiger partial charge in [0.1, 0.15) is 5.60 Å². The Bertz CT molecular complexity index is 624. The van der Waals surface area contributed by atoms with Gasteiger partial charge in [0.15, 0.2) is 0 Å². The molecule has 1 heterocycles. The topological polar surface area (TPSA) is 32.8 Å². The molecule has 2 aliphatic rings. The molecule has 132 valence electrons. The molecule has 0 aromatic heterocycles. The Morgan fingerprint density at radius 1 is 1.25 bits per heavy atom. The molecule has 2 fully saturated rings. The van der Waals surface area contributed by atoms with E-state index in [9.17, 15) is 4.79 Å². The number of ether oxygens (including phenoxy) is 1. The molecule has 4 heteroatoms. The number of amides is 1. The van der Waals surface area contributed by atoms with E-state index in [0.29, 0.717) is 6.04 Å². The number of piperidine rings is 1. The zero-order valence-electron chi connectivity index (χ0n) is 15.8. The molecule has 1 aliphatic carbocycles. The molecular formula is C20H30N2O2. The number of hydrogen-bond donors (Lipinski definition) is 0. The Hall–Kier alpha value is -1.55. The summed E-state index contributed by atoms with van der Waals surface area (Å²) in [5.74, 6) is 0. The average Bonchev–Trinajstić information content (AvgIpc) is 2.96. The first-order chi connectivity index (χ1) is 11.1. The van der Waals surface area contributed by atoms with Crippen LogP contribution in [0.1, 0.15) is 52.6 Å². The fourth-order valence-electron chi connectivity index (χ4n) is 3.78. The van der Waals surface area contributed by atoms with Crippen LogP contribution in [0.15, 0.2) is 30.3 Å². The number of fused-ring (bicyclic) bond motifs is 1. The van der Waals surface area contributed by atoms with Gasteiger partial charge in [-0.25, -0.2) is 4.79 Å². The van der Waals surface area contributed by atoms with E-state index < -0.39 is 0 Å². The predicted molar refractivity (Wildman–Crippen MR) is 95.9 cm³/mol.